The maximum atomic E-state index is 6.21. The highest BCUT2D eigenvalue weighted by atomic mass is 35.5. The van der Waals surface area contributed by atoms with Crippen LogP contribution in [0.1, 0.15) is 26.5 Å². The lowest BCUT2D eigenvalue weighted by molar-refractivity contribution is 0.560. The van der Waals surface area contributed by atoms with E-state index in [2.05, 4.69) is 43.2 Å². The second-order valence-electron chi connectivity index (χ2n) is 5.12. The summed E-state index contributed by atoms with van der Waals surface area (Å²) in [5, 5.41) is 5.34. The van der Waals surface area contributed by atoms with Gasteiger partial charge in [-0.25, -0.2) is 0 Å². The van der Waals surface area contributed by atoms with Gasteiger partial charge < -0.3 is 5.32 Å². The highest BCUT2D eigenvalue weighted by Gasteiger charge is 2.11. The predicted octanol–water partition coefficient (Wildman–Crippen LogP) is 4.65. The van der Waals surface area contributed by atoms with Crippen molar-refractivity contribution in [2.75, 3.05) is 5.32 Å². The van der Waals surface area contributed by atoms with E-state index in [1.807, 2.05) is 19.1 Å². The Bertz CT molecular complexity index is 564. The topological polar surface area (TPSA) is 24.9 Å². The van der Waals surface area contributed by atoms with Crippen LogP contribution < -0.4 is 5.32 Å². The number of para-hydroxylation sites is 1. The van der Waals surface area contributed by atoms with Crippen LogP contribution in [-0.4, -0.2) is 11.0 Å². The van der Waals surface area contributed by atoms with Gasteiger partial charge in [-0.3, -0.25) is 4.98 Å². The molecule has 0 aliphatic rings. The maximum Gasteiger partial charge on any atom is 0.0912 e. The van der Waals surface area contributed by atoms with Crippen molar-refractivity contribution in [1.82, 2.24) is 4.98 Å². The van der Waals surface area contributed by atoms with E-state index < -0.39 is 0 Å². The van der Waals surface area contributed by atoms with Crippen LogP contribution in [0.5, 0.6) is 0 Å². The second-order valence-corrected chi connectivity index (χ2v) is 5.53. The van der Waals surface area contributed by atoms with Crippen molar-refractivity contribution >= 4 is 28.2 Å². The predicted molar refractivity (Wildman–Crippen MR) is 79.4 cm³/mol. The van der Waals surface area contributed by atoms with Crippen LogP contribution in [0, 0.1) is 12.8 Å². The first-order valence-electron chi connectivity index (χ1n) is 6.31. The lowest BCUT2D eigenvalue weighted by Gasteiger charge is -2.20. The van der Waals surface area contributed by atoms with Crippen LogP contribution in [0.2, 0.25) is 5.02 Å². The summed E-state index contributed by atoms with van der Waals surface area (Å²) < 4.78 is 0. The molecule has 1 atom stereocenters. The third-order valence-corrected chi connectivity index (χ3v) is 3.61. The molecule has 1 N–H and O–H groups in total. The van der Waals surface area contributed by atoms with Gasteiger partial charge in [0.05, 0.1) is 10.5 Å². The number of rotatable bonds is 3. The molecule has 1 unspecified atom stereocenters. The first-order chi connectivity index (χ1) is 8.49. The number of benzene rings is 1. The van der Waals surface area contributed by atoms with Gasteiger partial charge in [0.2, 0.25) is 0 Å². The number of hydrogen-bond acceptors (Lipinski definition) is 2. The smallest absolute Gasteiger partial charge is 0.0912 e. The Kier molecular flexibility index (Phi) is 3.76. The van der Waals surface area contributed by atoms with Gasteiger partial charge in [-0.15, -0.1) is 0 Å². The lowest BCUT2D eigenvalue weighted by Crippen LogP contribution is -2.21. The average molecular weight is 263 g/mol. The van der Waals surface area contributed by atoms with Gasteiger partial charge in [0.1, 0.15) is 0 Å². The fraction of sp³-hybridized carbons (Fsp3) is 0.400. The Labute approximate surface area is 113 Å². The lowest BCUT2D eigenvalue weighted by atomic mass is 10.1. The number of fused-ring (bicyclic) bond motifs is 1. The summed E-state index contributed by atoms with van der Waals surface area (Å²) in [6.45, 7) is 8.60. The van der Waals surface area contributed by atoms with Crippen molar-refractivity contribution in [3.63, 3.8) is 0 Å². The highest BCUT2D eigenvalue weighted by Crippen LogP contribution is 2.29. The Hall–Kier alpha value is -1.28. The summed E-state index contributed by atoms with van der Waals surface area (Å²) >= 11 is 6.21. The number of pyridine rings is 1. The van der Waals surface area contributed by atoms with E-state index in [0.717, 1.165) is 22.3 Å². The van der Waals surface area contributed by atoms with E-state index in [1.165, 1.54) is 0 Å². The quantitative estimate of drug-likeness (QED) is 0.871. The standard InChI is InChI=1S/C15H19ClN2/c1-9(2)11(4)18-14-8-10(3)17-15-12(14)6-5-7-13(15)16/h5-9,11H,1-4H3,(H,17,18). The van der Waals surface area contributed by atoms with E-state index in [-0.39, 0.29) is 0 Å². The third kappa shape index (κ3) is 2.59. The molecule has 0 fully saturated rings. The van der Waals surface area contributed by atoms with Gasteiger partial charge in [-0.05, 0) is 31.9 Å². The van der Waals surface area contributed by atoms with Crippen LogP contribution >= 0.6 is 11.6 Å². The van der Waals surface area contributed by atoms with Crippen molar-refractivity contribution in [3.8, 4) is 0 Å². The van der Waals surface area contributed by atoms with Crippen molar-refractivity contribution < 1.29 is 0 Å². The second kappa shape index (κ2) is 5.15. The molecule has 0 bridgehead atoms. The Balaban J connectivity index is 2.53. The molecule has 2 rings (SSSR count). The molecule has 96 valence electrons. The van der Waals surface area contributed by atoms with Crippen LogP contribution in [0.4, 0.5) is 5.69 Å². The molecule has 1 heterocycles. The molecule has 2 aromatic rings. The molecule has 0 saturated heterocycles. The maximum absolute atomic E-state index is 6.21. The van der Waals surface area contributed by atoms with E-state index in [9.17, 15) is 0 Å². The first-order valence-corrected chi connectivity index (χ1v) is 6.69. The van der Waals surface area contributed by atoms with Gasteiger partial charge in [0.25, 0.3) is 0 Å². The van der Waals surface area contributed by atoms with Crippen LogP contribution in [0.25, 0.3) is 10.9 Å². The van der Waals surface area contributed by atoms with Gasteiger partial charge in [-0.2, -0.15) is 0 Å². The Morgan fingerprint density at radius 1 is 1.22 bits per heavy atom. The highest BCUT2D eigenvalue weighted by molar-refractivity contribution is 6.35. The average Bonchev–Trinajstić information content (AvgIpc) is 2.30. The number of nitrogens with one attached hydrogen (secondary N) is 1. The van der Waals surface area contributed by atoms with Gasteiger partial charge in [0, 0.05) is 22.8 Å². The van der Waals surface area contributed by atoms with Gasteiger partial charge in [-0.1, -0.05) is 37.6 Å². The van der Waals surface area contributed by atoms with E-state index >= 15 is 0 Å². The van der Waals surface area contributed by atoms with Gasteiger partial charge in [0.15, 0.2) is 0 Å². The van der Waals surface area contributed by atoms with Crippen molar-refractivity contribution in [2.24, 2.45) is 5.92 Å². The number of nitrogens with zero attached hydrogens (tertiary/aromatic N) is 1. The summed E-state index contributed by atoms with van der Waals surface area (Å²) in [5.41, 5.74) is 2.97. The SMILES string of the molecule is Cc1cc(NC(C)C(C)C)c2cccc(Cl)c2n1. The molecule has 0 amide bonds. The molecule has 18 heavy (non-hydrogen) atoms. The number of aromatic nitrogens is 1. The van der Waals surface area contributed by atoms with Crippen molar-refractivity contribution in [3.05, 3.63) is 35.0 Å². The number of hydrogen-bond donors (Lipinski definition) is 1. The van der Waals surface area contributed by atoms with E-state index in [0.29, 0.717) is 17.0 Å². The van der Waals surface area contributed by atoms with Crippen molar-refractivity contribution in [2.45, 2.75) is 33.7 Å². The van der Waals surface area contributed by atoms with Gasteiger partial charge >= 0.3 is 0 Å². The zero-order valence-electron chi connectivity index (χ0n) is 11.3. The molecular weight excluding hydrogens is 244 g/mol. The summed E-state index contributed by atoms with van der Waals surface area (Å²) in [6, 6.07) is 8.40. The molecule has 0 aliphatic carbocycles. The van der Waals surface area contributed by atoms with E-state index in [1.54, 1.807) is 0 Å². The number of aryl methyl sites for hydroxylation is 1. The normalized spacial score (nSPS) is 13.0. The number of halogens is 1. The molecule has 0 radical (unpaired) electrons. The fourth-order valence-electron chi connectivity index (χ4n) is 1.87. The Morgan fingerprint density at radius 2 is 1.94 bits per heavy atom. The summed E-state index contributed by atoms with van der Waals surface area (Å²) in [6.07, 6.45) is 0. The largest absolute Gasteiger partial charge is 0.382 e. The third-order valence-electron chi connectivity index (χ3n) is 3.30. The van der Waals surface area contributed by atoms with Crippen LogP contribution in [0.3, 0.4) is 0 Å². The minimum absolute atomic E-state index is 0.411. The molecule has 3 heteroatoms. The minimum atomic E-state index is 0.411. The van der Waals surface area contributed by atoms with Crippen LogP contribution in [0.15, 0.2) is 24.3 Å². The molecule has 0 spiro atoms. The van der Waals surface area contributed by atoms with Crippen LogP contribution in [-0.2, 0) is 0 Å². The Morgan fingerprint density at radius 3 is 2.61 bits per heavy atom. The molecule has 2 nitrogen and oxygen atoms in total. The zero-order chi connectivity index (χ0) is 13.3. The first kappa shape index (κ1) is 13.2. The fourth-order valence-corrected chi connectivity index (χ4v) is 2.09. The number of anilines is 1. The van der Waals surface area contributed by atoms with E-state index in [4.69, 9.17) is 11.6 Å². The molecule has 1 aromatic heterocycles. The molecule has 0 aliphatic heterocycles. The molecule has 0 saturated carbocycles. The summed E-state index contributed by atoms with van der Waals surface area (Å²) in [4.78, 5) is 4.52. The molecular formula is C15H19ClN2. The minimum Gasteiger partial charge on any atom is -0.382 e. The summed E-state index contributed by atoms with van der Waals surface area (Å²) in [5.74, 6) is 0.577. The van der Waals surface area contributed by atoms with Crippen molar-refractivity contribution in [1.29, 1.82) is 0 Å². The molecule has 1 aromatic carbocycles. The monoisotopic (exact) mass is 262 g/mol. The summed E-state index contributed by atoms with van der Waals surface area (Å²) in [7, 11) is 0. The zero-order valence-corrected chi connectivity index (χ0v) is 12.0.